The zero-order valence-corrected chi connectivity index (χ0v) is 26.9. The van der Waals surface area contributed by atoms with Gasteiger partial charge in [-0.2, -0.15) is 0 Å². The third kappa shape index (κ3) is 9.65. The highest BCUT2D eigenvalue weighted by atomic mass is 35.5. The van der Waals surface area contributed by atoms with Crippen molar-refractivity contribution in [3.8, 4) is 5.75 Å². The number of likely N-dealkylation sites (N-methyl/N-ethyl adjacent to an activating group) is 1. The smallest absolute Gasteiger partial charge is 0.245 e. The minimum absolute atomic E-state index is 0.0493. The quantitative estimate of drug-likeness (QED) is 0.378. The van der Waals surface area contributed by atoms with Crippen molar-refractivity contribution in [1.29, 1.82) is 0 Å². The molecule has 2 aromatic rings. The van der Waals surface area contributed by atoms with Gasteiger partial charge >= 0.3 is 0 Å². The summed E-state index contributed by atoms with van der Waals surface area (Å²) in [6.07, 6.45) is 2.27. The van der Waals surface area contributed by atoms with E-state index in [0.717, 1.165) is 56.7 Å². The summed E-state index contributed by atoms with van der Waals surface area (Å²) in [5.74, 6) is 0.941. The van der Waals surface area contributed by atoms with Crippen molar-refractivity contribution in [1.82, 2.24) is 25.1 Å². The number of hydrazine groups is 1. The second-order valence-corrected chi connectivity index (χ2v) is 12.8. The fourth-order valence-corrected chi connectivity index (χ4v) is 6.15. The first kappa shape index (κ1) is 33.2. The Bertz CT molecular complexity index is 1180. The Hall–Kier alpha value is -2.69. The van der Waals surface area contributed by atoms with Crippen LogP contribution in [0.3, 0.4) is 0 Å². The first-order valence-electron chi connectivity index (χ1n) is 15.5. The number of nitrogens with two attached hydrogens (primary N) is 1. The van der Waals surface area contributed by atoms with Crippen molar-refractivity contribution in [2.75, 3.05) is 60.0 Å². The number of hydrogen-bond donors (Lipinski definition) is 2. The van der Waals surface area contributed by atoms with Crippen molar-refractivity contribution >= 4 is 23.4 Å². The number of nitrogens with zero attached hydrogens (tertiary/aromatic N) is 4. The van der Waals surface area contributed by atoms with E-state index in [0.29, 0.717) is 42.2 Å². The number of benzene rings is 2. The van der Waals surface area contributed by atoms with Crippen LogP contribution in [0.15, 0.2) is 48.5 Å². The molecule has 0 aliphatic carbocycles. The number of nitrogens with one attached hydrogen (secondary N) is 1. The number of ether oxygens (including phenoxy) is 1. The largest absolute Gasteiger partial charge is 0.497 e. The summed E-state index contributed by atoms with van der Waals surface area (Å²) in [7, 11) is 3.78. The van der Waals surface area contributed by atoms with E-state index >= 15 is 0 Å². The highest BCUT2D eigenvalue weighted by Crippen LogP contribution is 2.23. The number of piperazine rings is 1. The van der Waals surface area contributed by atoms with Crippen LogP contribution >= 0.6 is 11.6 Å². The van der Waals surface area contributed by atoms with Gasteiger partial charge in [0.1, 0.15) is 11.8 Å². The zero-order chi connectivity index (χ0) is 30.9. The van der Waals surface area contributed by atoms with E-state index in [1.54, 1.807) is 7.11 Å². The molecule has 2 aromatic carbocycles. The van der Waals surface area contributed by atoms with Crippen LogP contribution in [0.5, 0.6) is 5.75 Å². The molecule has 2 amide bonds. The molecule has 0 spiro atoms. The van der Waals surface area contributed by atoms with E-state index in [4.69, 9.17) is 22.1 Å². The van der Waals surface area contributed by atoms with Crippen molar-refractivity contribution in [2.45, 2.75) is 57.7 Å². The number of hydrogen-bond acceptors (Lipinski definition) is 7. The second kappa shape index (κ2) is 15.9. The van der Waals surface area contributed by atoms with E-state index in [1.807, 2.05) is 53.4 Å². The summed E-state index contributed by atoms with van der Waals surface area (Å²) in [6.45, 7) is 11.1. The van der Waals surface area contributed by atoms with Gasteiger partial charge in [0.2, 0.25) is 11.8 Å². The molecular weight excluding hydrogens is 564 g/mol. The van der Waals surface area contributed by atoms with Gasteiger partial charge in [-0.1, -0.05) is 49.7 Å². The van der Waals surface area contributed by atoms with E-state index in [1.165, 1.54) is 0 Å². The third-order valence-electron chi connectivity index (χ3n) is 8.51. The topological polar surface area (TPSA) is 94.4 Å². The van der Waals surface area contributed by atoms with Gasteiger partial charge in [0.05, 0.1) is 7.11 Å². The minimum atomic E-state index is -0.688. The highest BCUT2D eigenvalue weighted by molar-refractivity contribution is 6.30. The van der Waals surface area contributed by atoms with Crippen LogP contribution in [0.2, 0.25) is 5.02 Å². The molecule has 9 nitrogen and oxygen atoms in total. The number of rotatable bonds is 12. The molecule has 236 valence electrons. The van der Waals surface area contributed by atoms with Gasteiger partial charge in [0.15, 0.2) is 0 Å². The SMILES string of the molecule is COc1cccc(C(N)CC(=O)N[C@H](Cc2ccc(Cl)cc2)C(=O)N2CCC(N(CC(C)C)N3CCN(C)CC3)CC2)c1. The van der Waals surface area contributed by atoms with E-state index in [2.05, 4.69) is 41.1 Å². The maximum absolute atomic E-state index is 13.9. The molecule has 0 bridgehead atoms. The Morgan fingerprint density at radius 1 is 1.05 bits per heavy atom. The van der Waals surface area contributed by atoms with Crippen molar-refractivity contribution < 1.29 is 14.3 Å². The maximum Gasteiger partial charge on any atom is 0.245 e. The Morgan fingerprint density at radius 3 is 2.35 bits per heavy atom. The lowest BCUT2D eigenvalue weighted by atomic mass is 9.99. The Labute approximate surface area is 262 Å². The van der Waals surface area contributed by atoms with Crippen LogP contribution in [0.4, 0.5) is 0 Å². The Morgan fingerprint density at radius 2 is 1.72 bits per heavy atom. The maximum atomic E-state index is 13.9. The van der Waals surface area contributed by atoms with E-state index in [9.17, 15) is 9.59 Å². The molecule has 2 heterocycles. The average Bonchev–Trinajstić information content (AvgIpc) is 3.00. The van der Waals surface area contributed by atoms with Gasteiger partial charge in [0.25, 0.3) is 0 Å². The average molecular weight is 613 g/mol. The number of halogens is 1. The number of carbonyl (C=O) groups excluding carboxylic acids is 2. The molecule has 10 heteroatoms. The lowest BCUT2D eigenvalue weighted by Gasteiger charge is -2.47. The minimum Gasteiger partial charge on any atom is -0.497 e. The number of carbonyl (C=O) groups is 2. The molecule has 3 N–H and O–H groups in total. The first-order valence-corrected chi connectivity index (χ1v) is 15.9. The normalized spacial score (nSPS) is 18.6. The van der Waals surface area contributed by atoms with Crippen LogP contribution < -0.4 is 15.8 Å². The van der Waals surface area contributed by atoms with Crippen molar-refractivity contribution in [2.24, 2.45) is 11.7 Å². The van der Waals surface area contributed by atoms with Crippen LogP contribution in [0.25, 0.3) is 0 Å². The molecule has 4 rings (SSSR count). The molecule has 0 radical (unpaired) electrons. The van der Waals surface area contributed by atoms with Crippen LogP contribution in [-0.4, -0.2) is 104 Å². The lowest BCUT2D eigenvalue weighted by molar-refractivity contribution is -0.140. The number of likely N-dealkylation sites (tertiary alicyclic amines) is 1. The standard InChI is InChI=1S/C33H49ClN6O3/c1-24(2)23-40(39-18-16-37(3)17-19-39)28-12-14-38(15-13-28)33(42)31(20-25-8-10-27(34)11-9-25)36-32(41)22-30(35)26-6-5-7-29(21-26)43-4/h5-11,21,24,28,30-31H,12-20,22-23,35H2,1-4H3,(H,36,41)/t30?,31-/m1/s1. The lowest BCUT2D eigenvalue weighted by Crippen LogP contribution is -2.60. The summed E-state index contributed by atoms with van der Waals surface area (Å²) in [5.41, 5.74) is 8.14. The molecule has 43 heavy (non-hydrogen) atoms. The molecular formula is C33H49ClN6O3. The summed E-state index contributed by atoms with van der Waals surface area (Å²) >= 11 is 6.11. The molecule has 0 aromatic heterocycles. The van der Waals surface area contributed by atoms with Gasteiger partial charge in [-0.25, -0.2) is 10.0 Å². The van der Waals surface area contributed by atoms with E-state index in [-0.39, 0.29) is 18.2 Å². The predicted molar refractivity (Wildman–Crippen MR) is 172 cm³/mol. The Kier molecular flexibility index (Phi) is 12.2. The molecule has 2 aliphatic rings. The molecule has 2 fully saturated rings. The van der Waals surface area contributed by atoms with Gasteiger partial charge < -0.3 is 25.6 Å². The summed E-state index contributed by atoms with van der Waals surface area (Å²) in [6, 6.07) is 14.0. The van der Waals surface area contributed by atoms with Crippen LogP contribution in [0.1, 0.15) is 50.3 Å². The van der Waals surface area contributed by atoms with E-state index < -0.39 is 12.1 Å². The molecule has 2 atom stereocenters. The fourth-order valence-electron chi connectivity index (χ4n) is 6.03. The van der Waals surface area contributed by atoms with Crippen molar-refractivity contribution in [3.05, 3.63) is 64.7 Å². The monoisotopic (exact) mass is 612 g/mol. The fraction of sp³-hybridized carbons (Fsp3) is 0.576. The van der Waals surface area contributed by atoms with Crippen LogP contribution in [-0.2, 0) is 16.0 Å². The number of piperidine rings is 1. The summed E-state index contributed by atoms with van der Waals surface area (Å²) in [4.78, 5) is 31.5. The molecule has 2 saturated heterocycles. The third-order valence-corrected chi connectivity index (χ3v) is 8.76. The zero-order valence-electron chi connectivity index (χ0n) is 26.2. The summed E-state index contributed by atoms with van der Waals surface area (Å²) < 4.78 is 5.30. The van der Waals surface area contributed by atoms with Crippen molar-refractivity contribution in [3.63, 3.8) is 0 Å². The predicted octanol–water partition coefficient (Wildman–Crippen LogP) is 3.58. The second-order valence-electron chi connectivity index (χ2n) is 12.4. The van der Waals surface area contributed by atoms with Gasteiger partial charge in [-0.15, -0.1) is 0 Å². The highest BCUT2D eigenvalue weighted by Gasteiger charge is 2.34. The van der Waals surface area contributed by atoms with Crippen LogP contribution in [0, 0.1) is 5.92 Å². The Balaban J connectivity index is 1.41. The van der Waals surface area contributed by atoms with Gasteiger partial charge in [-0.05, 0) is 61.2 Å². The van der Waals surface area contributed by atoms with Gasteiger partial charge in [-0.3, -0.25) is 9.59 Å². The summed E-state index contributed by atoms with van der Waals surface area (Å²) in [5, 5.41) is 8.76. The molecule has 0 saturated carbocycles. The number of methoxy groups -OCH3 is 1. The molecule has 1 unspecified atom stereocenters. The molecule has 2 aliphatic heterocycles. The van der Waals surface area contributed by atoms with Gasteiger partial charge in [0, 0.05) is 75.8 Å². The first-order chi connectivity index (χ1) is 20.6. The number of amides is 2.